The van der Waals surface area contributed by atoms with Gasteiger partial charge in [-0.05, 0) is 31.2 Å². The molecule has 0 aromatic heterocycles. The normalized spacial score (nSPS) is 23.1. The molecular weight excluding hydrogens is 268 g/mol. The summed E-state index contributed by atoms with van der Waals surface area (Å²) in [6.45, 7) is 0.731. The number of benzene rings is 1. The van der Waals surface area contributed by atoms with Gasteiger partial charge < -0.3 is 10.4 Å². The summed E-state index contributed by atoms with van der Waals surface area (Å²) >= 11 is 6.00. The van der Waals surface area contributed by atoms with Crippen LogP contribution in [0, 0.1) is 16.0 Å². The number of aliphatic hydroxyl groups is 1. The topological polar surface area (TPSA) is 75.4 Å². The minimum Gasteiger partial charge on any atom is -0.393 e. The number of halogens is 1. The highest BCUT2D eigenvalue weighted by Crippen LogP contribution is 2.29. The van der Waals surface area contributed by atoms with Crippen molar-refractivity contribution in [2.45, 2.75) is 31.8 Å². The summed E-state index contributed by atoms with van der Waals surface area (Å²) in [6, 6.07) is 4.41. The minimum atomic E-state index is -0.465. The smallest absolute Gasteiger partial charge is 0.271 e. The summed E-state index contributed by atoms with van der Waals surface area (Å²) in [6.07, 6.45) is 3.62. The number of nitro groups is 1. The average molecular weight is 285 g/mol. The van der Waals surface area contributed by atoms with Crippen molar-refractivity contribution in [1.29, 1.82) is 0 Å². The number of nitro benzene ring substituents is 1. The van der Waals surface area contributed by atoms with Gasteiger partial charge in [0.05, 0.1) is 21.7 Å². The largest absolute Gasteiger partial charge is 0.393 e. The van der Waals surface area contributed by atoms with Gasteiger partial charge in [-0.15, -0.1) is 0 Å². The Morgan fingerprint density at radius 1 is 1.47 bits per heavy atom. The van der Waals surface area contributed by atoms with E-state index in [1.807, 2.05) is 0 Å². The molecule has 0 radical (unpaired) electrons. The zero-order valence-electron chi connectivity index (χ0n) is 10.5. The summed E-state index contributed by atoms with van der Waals surface area (Å²) in [5.41, 5.74) is 0.691. The van der Waals surface area contributed by atoms with E-state index >= 15 is 0 Å². The molecule has 0 amide bonds. The highest BCUT2D eigenvalue weighted by atomic mass is 35.5. The first-order valence-corrected chi connectivity index (χ1v) is 6.80. The molecule has 2 rings (SSSR count). The second kappa shape index (κ2) is 6.21. The van der Waals surface area contributed by atoms with Crippen molar-refractivity contribution in [3.05, 3.63) is 33.3 Å². The molecule has 19 heavy (non-hydrogen) atoms. The van der Waals surface area contributed by atoms with E-state index in [4.69, 9.17) is 11.6 Å². The lowest BCUT2D eigenvalue weighted by atomic mass is 9.87. The fraction of sp³-hybridized carbons (Fsp3) is 0.538. The maximum absolute atomic E-state index is 10.6. The zero-order chi connectivity index (χ0) is 13.8. The third-order valence-corrected chi connectivity index (χ3v) is 3.81. The van der Waals surface area contributed by atoms with E-state index in [0.29, 0.717) is 16.6 Å². The van der Waals surface area contributed by atoms with Gasteiger partial charge >= 0.3 is 0 Å². The number of hydrogen-bond acceptors (Lipinski definition) is 4. The highest BCUT2D eigenvalue weighted by molar-refractivity contribution is 6.33. The number of aliphatic hydroxyl groups excluding tert-OH is 1. The van der Waals surface area contributed by atoms with Crippen LogP contribution in [0.4, 0.5) is 11.4 Å². The van der Waals surface area contributed by atoms with Crippen molar-refractivity contribution in [1.82, 2.24) is 0 Å². The van der Waals surface area contributed by atoms with Crippen LogP contribution in [0.15, 0.2) is 18.2 Å². The van der Waals surface area contributed by atoms with Gasteiger partial charge in [0.1, 0.15) is 0 Å². The highest BCUT2D eigenvalue weighted by Gasteiger charge is 2.20. The molecule has 1 aromatic carbocycles. The van der Waals surface area contributed by atoms with Crippen LogP contribution >= 0.6 is 11.6 Å². The molecule has 1 aliphatic carbocycles. The lowest BCUT2D eigenvalue weighted by Gasteiger charge is -2.26. The third-order valence-electron chi connectivity index (χ3n) is 3.50. The van der Waals surface area contributed by atoms with Crippen LogP contribution in [-0.4, -0.2) is 22.7 Å². The molecule has 6 heteroatoms. The summed E-state index contributed by atoms with van der Waals surface area (Å²) in [5, 5.41) is 23.8. The summed E-state index contributed by atoms with van der Waals surface area (Å²) < 4.78 is 0. The number of anilines is 1. The first-order chi connectivity index (χ1) is 9.06. The quantitative estimate of drug-likeness (QED) is 0.657. The zero-order valence-corrected chi connectivity index (χ0v) is 11.3. The van der Waals surface area contributed by atoms with Crippen molar-refractivity contribution >= 4 is 23.0 Å². The Kier molecular flexibility index (Phi) is 4.61. The Labute approximate surface area is 116 Å². The molecule has 1 aromatic rings. The van der Waals surface area contributed by atoms with Crippen LogP contribution in [0.2, 0.25) is 5.02 Å². The van der Waals surface area contributed by atoms with Crippen molar-refractivity contribution in [3.8, 4) is 0 Å². The molecule has 1 saturated carbocycles. The molecule has 104 valence electrons. The van der Waals surface area contributed by atoms with Crippen LogP contribution in [0.25, 0.3) is 0 Å². The number of non-ortho nitro benzene ring substituents is 1. The molecule has 2 N–H and O–H groups in total. The molecule has 1 aliphatic rings. The Morgan fingerprint density at radius 3 is 2.89 bits per heavy atom. The van der Waals surface area contributed by atoms with Crippen LogP contribution in [0.1, 0.15) is 25.7 Å². The molecule has 1 fully saturated rings. The number of rotatable bonds is 4. The molecule has 2 atom stereocenters. The Bertz CT molecular complexity index is 467. The predicted octanol–water partition coefficient (Wildman–Crippen LogP) is 3.21. The Morgan fingerprint density at radius 2 is 2.26 bits per heavy atom. The van der Waals surface area contributed by atoms with Gasteiger partial charge in [-0.25, -0.2) is 0 Å². The van der Waals surface area contributed by atoms with E-state index in [0.717, 1.165) is 32.2 Å². The van der Waals surface area contributed by atoms with Crippen LogP contribution < -0.4 is 5.32 Å². The first kappa shape index (κ1) is 14.1. The van der Waals surface area contributed by atoms with Gasteiger partial charge in [0.2, 0.25) is 0 Å². The van der Waals surface area contributed by atoms with Crippen LogP contribution in [0.5, 0.6) is 0 Å². The minimum absolute atomic E-state index is 0.0105. The number of nitrogens with one attached hydrogen (secondary N) is 1. The number of nitrogens with zero attached hydrogens (tertiary/aromatic N) is 1. The van der Waals surface area contributed by atoms with Gasteiger partial charge in [-0.1, -0.05) is 18.0 Å². The monoisotopic (exact) mass is 284 g/mol. The SMILES string of the molecule is O=[N+]([O-])c1ccc(NCC2CCCC(O)C2)c(Cl)c1. The van der Waals surface area contributed by atoms with Gasteiger partial charge in [-0.3, -0.25) is 10.1 Å². The van der Waals surface area contributed by atoms with Crippen LogP contribution in [-0.2, 0) is 0 Å². The van der Waals surface area contributed by atoms with Gasteiger partial charge in [0, 0.05) is 18.7 Å². The van der Waals surface area contributed by atoms with Gasteiger partial charge in [0.25, 0.3) is 5.69 Å². The molecule has 5 nitrogen and oxygen atoms in total. The molecule has 2 unspecified atom stereocenters. The van der Waals surface area contributed by atoms with Crippen molar-refractivity contribution in [2.75, 3.05) is 11.9 Å². The summed E-state index contributed by atoms with van der Waals surface area (Å²) in [7, 11) is 0. The second-order valence-corrected chi connectivity index (χ2v) is 5.40. The Balaban J connectivity index is 1.94. The van der Waals surface area contributed by atoms with E-state index in [1.54, 1.807) is 6.07 Å². The van der Waals surface area contributed by atoms with Crippen molar-refractivity contribution < 1.29 is 10.0 Å². The molecule has 0 spiro atoms. The predicted molar refractivity (Wildman–Crippen MR) is 74.6 cm³/mol. The van der Waals surface area contributed by atoms with E-state index in [2.05, 4.69) is 5.32 Å². The molecule has 0 heterocycles. The second-order valence-electron chi connectivity index (χ2n) is 4.99. The summed E-state index contributed by atoms with van der Waals surface area (Å²) in [4.78, 5) is 10.1. The maximum atomic E-state index is 10.6. The van der Waals surface area contributed by atoms with E-state index in [-0.39, 0.29) is 11.8 Å². The van der Waals surface area contributed by atoms with Crippen molar-refractivity contribution in [2.24, 2.45) is 5.92 Å². The Hall–Kier alpha value is -1.33. The standard InChI is InChI=1S/C13H17ClN2O3/c14-12-7-10(16(18)19)4-5-13(12)15-8-9-2-1-3-11(17)6-9/h4-5,7,9,11,15,17H,1-3,6,8H2. The number of hydrogen-bond donors (Lipinski definition) is 2. The van der Waals surface area contributed by atoms with Crippen molar-refractivity contribution in [3.63, 3.8) is 0 Å². The van der Waals surface area contributed by atoms with Gasteiger partial charge in [0.15, 0.2) is 0 Å². The summed E-state index contributed by atoms with van der Waals surface area (Å²) in [5.74, 6) is 0.426. The molecule has 0 saturated heterocycles. The lowest BCUT2D eigenvalue weighted by Crippen LogP contribution is -2.25. The van der Waals surface area contributed by atoms with E-state index < -0.39 is 4.92 Å². The average Bonchev–Trinajstić information content (AvgIpc) is 2.37. The van der Waals surface area contributed by atoms with E-state index in [1.165, 1.54) is 12.1 Å². The molecule has 0 aliphatic heterocycles. The third kappa shape index (κ3) is 3.81. The fourth-order valence-electron chi connectivity index (χ4n) is 2.46. The van der Waals surface area contributed by atoms with E-state index in [9.17, 15) is 15.2 Å². The van der Waals surface area contributed by atoms with Gasteiger partial charge in [-0.2, -0.15) is 0 Å². The maximum Gasteiger partial charge on any atom is 0.271 e. The first-order valence-electron chi connectivity index (χ1n) is 6.42. The molecule has 0 bridgehead atoms. The lowest BCUT2D eigenvalue weighted by molar-refractivity contribution is -0.384. The molecular formula is C13H17ClN2O3. The fourth-order valence-corrected chi connectivity index (χ4v) is 2.70. The van der Waals surface area contributed by atoms with Crippen LogP contribution in [0.3, 0.4) is 0 Å².